The van der Waals surface area contributed by atoms with Crippen LogP contribution in [-0.4, -0.2) is 14.9 Å². The summed E-state index contributed by atoms with van der Waals surface area (Å²) in [6.45, 7) is 1.53. The first-order chi connectivity index (χ1) is 8.49. The van der Waals surface area contributed by atoms with Crippen molar-refractivity contribution in [3.05, 3.63) is 49.8 Å². The highest BCUT2D eigenvalue weighted by Gasteiger charge is 2.22. The molecule has 0 aliphatic heterocycles. The Morgan fingerprint density at radius 2 is 2.11 bits per heavy atom. The molecule has 0 unspecified atom stereocenters. The van der Waals surface area contributed by atoms with Crippen molar-refractivity contribution in [2.75, 3.05) is 0 Å². The van der Waals surface area contributed by atoms with E-state index in [0.717, 1.165) is 4.47 Å². The molecule has 0 aliphatic carbocycles. The van der Waals surface area contributed by atoms with E-state index < -0.39 is 4.92 Å². The zero-order valence-electron chi connectivity index (χ0n) is 9.22. The fourth-order valence-corrected chi connectivity index (χ4v) is 2.20. The Balaban J connectivity index is 2.73. The molecular formula is C11H7BrClN3O2. The van der Waals surface area contributed by atoms with Crippen molar-refractivity contribution in [2.45, 2.75) is 6.92 Å². The monoisotopic (exact) mass is 327 g/mol. The largest absolute Gasteiger partial charge is 0.316 e. The fraction of sp³-hybridized carbons (Fsp3) is 0.0909. The van der Waals surface area contributed by atoms with Gasteiger partial charge < -0.3 is 0 Å². The summed E-state index contributed by atoms with van der Waals surface area (Å²) in [5.74, 6) is 0. The van der Waals surface area contributed by atoms with Gasteiger partial charge in [-0.3, -0.25) is 10.1 Å². The smallest absolute Gasteiger partial charge is 0.258 e. The summed E-state index contributed by atoms with van der Waals surface area (Å²) in [6.07, 6.45) is 0. The van der Waals surface area contributed by atoms with Gasteiger partial charge in [-0.05, 0) is 30.7 Å². The van der Waals surface area contributed by atoms with Crippen LogP contribution in [0.5, 0.6) is 0 Å². The molecule has 18 heavy (non-hydrogen) atoms. The summed E-state index contributed by atoms with van der Waals surface area (Å²) in [4.78, 5) is 18.3. The van der Waals surface area contributed by atoms with E-state index in [1.54, 1.807) is 18.2 Å². The summed E-state index contributed by atoms with van der Waals surface area (Å²) in [5, 5.41) is 11.1. The highest BCUT2D eigenvalue weighted by molar-refractivity contribution is 9.10. The molecule has 2 aromatic rings. The average Bonchev–Trinajstić information content (AvgIpc) is 2.27. The van der Waals surface area contributed by atoms with E-state index >= 15 is 0 Å². The van der Waals surface area contributed by atoms with Crippen molar-refractivity contribution in [3.63, 3.8) is 0 Å². The number of aromatic nitrogens is 2. The molecule has 7 heteroatoms. The molecule has 0 atom stereocenters. The van der Waals surface area contributed by atoms with Gasteiger partial charge in [-0.1, -0.05) is 28.1 Å². The van der Waals surface area contributed by atoms with Gasteiger partial charge in [-0.2, -0.15) is 0 Å². The third-order valence-corrected chi connectivity index (χ3v) is 2.97. The summed E-state index contributed by atoms with van der Waals surface area (Å²) >= 11 is 9.07. The number of aryl methyl sites for hydroxylation is 1. The van der Waals surface area contributed by atoms with Crippen LogP contribution in [0.3, 0.4) is 0 Å². The molecule has 1 heterocycles. The van der Waals surface area contributed by atoms with E-state index in [4.69, 9.17) is 11.6 Å². The van der Waals surface area contributed by atoms with Crippen molar-refractivity contribution < 1.29 is 4.92 Å². The third-order valence-electron chi connectivity index (χ3n) is 2.31. The number of nitrogens with zero attached hydrogens (tertiary/aromatic N) is 3. The highest BCUT2D eigenvalue weighted by atomic mass is 79.9. The van der Waals surface area contributed by atoms with E-state index in [1.807, 2.05) is 6.07 Å². The summed E-state index contributed by atoms with van der Waals surface area (Å²) in [5.41, 5.74) is 0.953. The fourth-order valence-electron chi connectivity index (χ4n) is 1.59. The molecule has 0 saturated carbocycles. The number of rotatable bonds is 2. The standard InChI is InChI=1S/C11H7BrClN3O2/c1-6-10(16(17)18)9(15-11(13)14-6)7-3-2-4-8(12)5-7/h2-5H,1H3. The lowest BCUT2D eigenvalue weighted by atomic mass is 10.1. The predicted molar refractivity (Wildman–Crippen MR) is 71.6 cm³/mol. The summed E-state index contributed by atoms with van der Waals surface area (Å²) < 4.78 is 0.807. The van der Waals surface area contributed by atoms with Gasteiger partial charge >= 0.3 is 5.69 Å². The van der Waals surface area contributed by atoms with E-state index in [1.165, 1.54) is 6.92 Å². The van der Waals surface area contributed by atoms with Gasteiger partial charge in [0.2, 0.25) is 5.28 Å². The van der Waals surface area contributed by atoms with Crippen LogP contribution in [0.15, 0.2) is 28.7 Å². The minimum atomic E-state index is -0.498. The van der Waals surface area contributed by atoms with Crippen LogP contribution in [0.4, 0.5) is 5.69 Å². The topological polar surface area (TPSA) is 68.9 Å². The van der Waals surface area contributed by atoms with Gasteiger partial charge in [-0.25, -0.2) is 9.97 Å². The van der Waals surface area contributed by atoms with Crippen molar-refractivity contribution in [3.8, 4) is 11.3 Å². The van der Waals surface area contributed by atoms with Crippen molar-refractivity contribution in [2.24, 2.45) is 0 Å². The zero-order chi connectivity index (χ0) is 13.3. The van der Waals surface area contributed by atoms with E-state index in [9.17, 15) is 10.1 Å². The maximum absolute atomic E-state index is 11.1. The van der Waals surface area contributed by atoms with Crippen molar-refractivity contribution >= 4 is 33.2 Å². The summed E-state index contributed by atoms with van der Waals surface area (Å²) in [6, 6.07) is 7.07. The van der Waals surface area contributed by atoms with Gasteiger partial charge in [0.25, 0.3) is 0 Å². The molecule has 0 saturated heterocycles. The lowest BCUT2D eigenvalue weighted by Crippen LogP contribution is -2.01. The van der Waals surface area contributed by atoms with Crippen LogP contribution in [-0.2, 0) is 0 Å². The molecule has 0 N–H and O–H groups in total. The number of hydrogen-bond donors (Lipinski definition) is 0. The zero-order valence-corrected chi connectivity index (χ0v) is 11.6. The second-order valence-electron chi connectivity index (χ2n) is 3.54. The molecule has 0 fully saturated rings. The normalized spacial score (nSPS) is 10.4. The molecule has 1 aromatic heterocycles. The maximum atomic E-state index is 11.1. The number of halogens is 2. The molecule has 0 radical (unpaired) electrons. The summed E-state index contributed by atoms with van der Waals surface area (Å²) in [7, 11) is 0. The minimum absolute atomic E-state index is 0.00641. The number of hydrogen-bond acceptors (Lipinski definition) is 4. The first kappa shape index (κ1) is 12.9. The number of benzene rings is 1. The molecule has 0 amide bonds. The Morgan fingerprint density at radius 1 is 1.39 bits per heavy atom. The lowest BCUT2D eigenvalue weighted by Gasteiger charge is -2.05. The average molecular weight is 329 g/mol. The molecule has 0 spiro atoms. The van der Waals surface area contributed by atoms with Gasteiger partial charge in [0.05, 0.1) is 4.92 Å². The SMILES string of the molecule is Cc1nc(Cl)nc(-c2cccc(Br)c2)c1[N+](=O)[O-]. The van der Waals surface area contributed by atoms with Gasteiger partial charge in [0.15, 0.2) is 5.69 Å². The van der Waals surface area contributed by atoms with Gasteiger partial charge in [0.1, 0.15) is 5.69 Å². The Morgan fingerprint density at radius 3 is 2.72 bits per heavy atom. The Labute approximate surface area is 116 Å². The molecule has 1 aromatic carbocycles. The second kappa shape index (κ2) is 4.99. The van der Waals surface area contributed by atoms with Crippen LogP contribution in [0.1, 0.15) is 5.69 Å². The van der Waals surface area contributed by atoms with Crippen LogP contribution in [0.2, 0.25) is 5.28 Å². The van der Waals surface area contributed by atoms with E-state index in [-0.39, 0.29) is 22.4 Å². The lowest BCUT2D eigenvalue weighted by molar-refractivity contribution is -0.385. The van der Waals surface area contributed by atoms with Crippen molar-refractivity contribution in [1.29, 1.82) is 0 Å². The Bertz CT molecular complexity index is 634. The minimum Gasteiger partial charge on any atom is -0.258 e. The molecular weight excluding hydrogens is 321 g/mol. The first-order valence-electron chi connectivity index (χ1n) is 4.93. The molecule has 2 rings (SSSR count). The predicted octanol–water partition coefficient (Wildman–Crippen LogP) is 3.78. The molecule has 0 aliphatic rings. The van der Waals surface area contributed by atoms with Crippen molar-refractivity contribution in [1.82, 2.24) is 9.97 Å². The third kappa shape index (κ3) is 2.49. The Hall–Kier alpha value is -1.53. The van der Waals surface area contributed by atoms with Crippen LogP contribution in [0, 0.1) is 17.0 Å². The van der Waals surface area contributed by atoms with Gasteiger partial charge in [0, 0.05) is 10.0 Å². The first-order valence-corrected chi connectivity index (χ1v) is 6.10. The Kier molecular flexibility index (Phi) is 3.58. The van der Waals surface area contributed by atoms with Gasteiger partial charge in [-0.15, -0.1) is 0 Å². The quantitative estimate of drug-likeness (QED) is 0.478. The molecule has 0 bridgehead atoms. The maximum Gasteiger partial charge on any atom is 0.316 e. The number of nitro groups is 1. The van der Waals surface area contributed by atoms with Crippen LogP contribution in [0.25, 0.3) is 11.3 Å². The highest BCUT2D eigenvalue weighted by Crippen LogP contribution is 2.32. The van der Waals surface area contributed by atoms with Crippen LogP contribution < -0.4 is 0 Å². The second-order valence-corrected chi connectivity index (χ2v) is 4.80. The van der Waals surface area contributed by atoms with E-state index in [2.05, 4.69) is 25.9 Å². The molecule has 92 valence electrons. The van der Waals surface area contributed by atoms with E-state index in [0.29, 0.717) is 5.56 Å². The van der Waals surface area contributed by atoms with Crippen LogP contribution >= 0.6 is 27.5 Å². The molecule has 5 nitrogen and oxygen atoms in total.